The standard InChI is InChI=1S/C14H27NO3/c1-7-10-15(11(2)3)12(16)8-9-13(17)18-14(4,5)6/h11H,7-10H2,1-6H3. The molecular formula is C14H27NO3. The van der Waals surface area contributed by atoms with Gasteiger partial charge in [-0.05, 0) is 41.0 Å². The molecule has 0 bridgehead atoms. The largest absolute Gasteiger partial charge is 0.460 e. The molecule has 0 saturated heterocycles. The van der Waals surface area contributed by atoms with Gasteiger partial charge in [0.25, 0.3) is 0 Å². The molecular weight excluding hydrogens is 230 g/mol. The van der Waals surface area contributed by atoms with Gasteiger partial charge in [-0.3, -0.25) is 9.59 Å². The Morgan fingerprint density at radius 1 is 1.17 bits per heavy atom. The van der Waals surface area contributed by atoms with Gasteiger partial charge in [0.2, 0.25) is 5.91 Å². The minimum absolute atomic E-state index is 0.0257. The van der Waals surface area contributed by atoms with E-state index in [1.54, 1.807) is 0 Å². The Bertz CT molecular complexity index is 279. The number of carbonyl (C=O) groups excluding carboxylic acids is 2. The molecule has 0 spiro atoms. The molecule has 0 rings (SSSR count). The SMILES string of the molecule is CCCN(C(=O)CCC(=O)OC(C)(C)C)C(C)C. The highest BCUT2D eigenvalue weighted by Gasteiger charge is 2.20. The van der Waals surface area contributed by atoms with Gasteiger partial charge in [-0.1, -0.05) is 6.92 Å². The Morgan fingerprint density at radius 3 is 2.11 bits per heavy atom. The molecule has 0 aliphatic rings. The van der Waals surface area contributed by atoms with Crippen molar-refractivity contribution in [2.24, 2.45) is 0 Å². The predicted octanol–water partition coefficient (Wildman–Crippen LogP) is 2.76. The van der Waals surface area contributed by atoms with E-state index in [9.17, 15) is 9.59 Å². The zero-order valence-electron chi connectivity index (χ0n) is 12.6. The van der Waals surface area contributed by atoms with Gasteiger partial charge in [0.1, 0.15) is 5.60 Å². The summed E-state index contributed by atoms with van der Waals surface area (Å²) in [5.41, 5.74) is -0.485. The maximum Gasteiger partial charge on any atom is 0.306 e. The first-order chi connectivity index (χ1) is 8.17. The minimum Gasteiger partial charge on any atom is -0.460 e. The highest BCUT2D eigenvalue weighted by atomic mass is 16.6. The van der Waals surface area contributed by atoms with Crippen molar-refractivity contribution in [1.82, 2.24) is 4.90 Å². The smallest absolute Gasteiger partial charge is 0.306 e. The maximum atomic E-state index is 12.0. The van der Waals surface area contributed by atoms with Gasteiger partial charge in [0.05, 0.1) is 6.42 Å². The molecule has 1 amide bonds. The molecule has 0 unspecified atom stereocenters. The first kappa shape index (κ1) is 16.9. The Morgan fingerprint density at radius 2 is 1.72 bits per heavy atom. The first-order valence-electron chi connectivity index (χ1n) is 6.68. The van der Waals surface area contributed by atoms with E-state index in [0.717, 1.165) is 13.0 Å². The van der Waals surface area contributed by atoms with E-state index in [2.05, 4.69) is 0 Å². The zero-order chi connectivity index (χ0) is 14.3. The van der Waals surface area contributed by atoms with Crippen molar-refractivity contribution in [3.05, 3.63) is 0 Å². The number of ether oxygens (including phenoxy) is 1. The molecule has 0 aromatic rings. The molecule has 0 atom stereocenters. The second kappa shape index (κ2) is 7.39. The second-order valence-electron chi connectivity index (χ2n) is 5.77. The Labute approximate surface area is 111 Å². The third-order valence-electron chi connectivity index (χ3n) is 2.37. The van der Waals surface area contributed by atoms with Crippen LogP contribution >= 0.6 is 0 Å². The van der Waals surface area contributed by atoms with E-state index in [1.807, 2.05) is 46.4 Å². The summed E-state index contributed by atoms with van der Waals surface area (Å²) in [6.45, 7) is 12.2. The van der Waals surface area contributed by atoms with Gasteiger partial charge >= 0.3 is 5.97 Å². The van der Waals surface area contributed by atoms with Crippen molar-refractivity contribution < 1.29 is 14.3 Å². The molecule has 4 heteroatoms. The number of nitrogens with zero attached hydrogens (tertiary/aromatic N) is 1. The van der Waals surface area contributed by atoms with E-state index in [4.69, 9.17) is 4.74 Å². The fraction of sp³-hybridized carbons (Fsp3) is 0.857. The van der Waals surface area contributed by atoms with Crippen LogP contribution in [0, 0.1) is 0 Å². The average molecular weight is 257 g/mol. The molecule has 0 aromatic carbocycles. The van der Waals surface area contributed by atoms with Crippen LogP contribution in [0.1, 0.15) is 60.8 Å². The lowest BCUT2D eigenvalue weighted by Gasteiger charge is -2.26. The molecule has 0 N–H and O–H groups in total. The van der Waals surface area contributed by atoms with Gasteiger partial charge in [-0.15, -0.1) is 0 Å². The van der Waals surface area contributed by atoms with Gasteiger partial charge < -0.3 is 9.64 Å². The lowest BCUT2D eigenvalue weighted by molar-refractivity contribution is -0.156. The summed E-state index contributed by atoms with van der Waals surface area (Å²) in [7, 11) is 0. The summed E-state index contributed by atoms with van der Waals surface area (Å²) < 4.78 is 5.18. The summed E-state index contributed by atoms with van der Waals surface area (Å²) in [5, 5.41) is 0. The van der Waals surface area contributed by atoms with Gasteiger partial charge in [0.15, 0.2) is 0 Å². The topological polar surface area (TPSA) is 46.6 Å². The van der Waals surface area contributed by atoms with Crippen molar-refractivity contribution in [2.75, 3.05) is 6.54 Å². The van der Waals surface area contributed by atoms with E-state index in [1.165, 1.54) is 0 Å². The number of hydrogen-bond donors (Lipinski definition) is 0. The normalized spacial score (nSPS) is 11.5. The minimum atomic E-state index is -0.485. The summed E-state index contributed by atoms with van der Waals surface area (Å²) in [4.78, 5) is 25.3. The molecule has 0 heterocycles. The third kappa shape index (κ3) is 7.30. The fourth-order valence-electron chi connectivity index (χ4n) is 1.66. The van der Waals surface area contributed by atoms with Crippen LogP contribution < -0.4 is 0 Å². The molecule has 4 nitrogen and oxygen atoms in total. The number of esters is 1. The summed E-state index contributed by atoms with van der Waals surface area (Å²) in [6, 6.07) is 0.177. The van der Waals surface area contributed by atoms with Crippen LogP contribution in [-0.2, 0) is 14.3 Å². The number of amides is 1. The molecule has 18 heavy (non-hydrogen) atoms. The molecule has 0 saturated carbocycles. The van der Waals surface area contributed by atoms with E-state index in [-0.39, 0.29) is 30.8 Å². The van der Waals surface area contributed by atoms with Crippen LogP contribution in [0.25, 0.3) is 0 Å². The first-order valence-corrected chi connectivity index (χ1v) is 6.68. The Kier molecular flexibility index (Phi) is 6.96. The van der Waals surface area contributed by atoms with Crippen LogP contribution in [-0.4, -0.2) is 35.0 Å². The number of rotatable bonds is 6. The number of hydrogen-bond acceptors (Lipinski definition) is 3. The van der Waals surface area contributed by atoms with E-state index < -0.39 is 5.60 Å². The fourth-order valence-corrected chi connectivity index (χ4v) is 1.66. The van der Waals surface area contributed by atoms with E-state index in [0.29, 0.717) is 0 Å². The number of carbonyl (C=O) groups is 2. The highest BCUT2D eigenvalue weighted by Crippen LogP contribution is 2.11. The lowest BCUT2D eigenvalue weighted by Crippen LogP contribution is -2.37. The van der Waals surface area contributed by atoms with Crippen LogP contribution in [0.4, 0.5) is 0 Å². The predicted molar refractivity (Wildman–Crippen MR) is 72.2 cm³/mol. The Balaban J connectivity index is 4.19. The van der Waals surface area contributed by atoms with Crippen molar-refractivity contribution in [1.29, 1.82) is 0 Å². The summed E-state index contributed by atoms with van der Waals surface area (Å²) in [6.07, 6.45) is 1.31. The molecule has 0 radical (unpaired) electrons. The molecule has 0 aliphatic carbocycles. The zero-order valence-corrected chi connectivity index (χ0v) is 12.6. The van der Waals surface area contributed by atoms with Crippen LogP contribution in [0.15, 0.2) is 0 Å². The van der Waals surface area contributed by atoms with Crippen molar-refractivity contribution in [3.8, 4) is 0 Å². The summed E-state index contributed by atoms with van der Waals surface area (Å²) >= 11 is 0. The third-order valence-corrected chi connectivity index (χ3v) is 2.37. The molecule has 106 valence electrons. The van der Waals surface area contributed by atoms with E-state index >= 15 is 0 Å². The van der Waals surface area contributed by atoms with Gasteiger partial charge in [-0.2, -0.15) is 0 Å². The van der Waals surface area contributed by atoms with Crippen molar-refractivity contribution in [3.63, 3.8) is 0 Å². The van der Waals surface area contributed by atoms with Gasteiger partial charge in [-0.25, -0.2) is 0 Å². The van der Waals surface area contributed by atoms with Crippen molar-refractivity contribution >= 4 is 11.9 Å². The molecule has 0 aliphatic heterocycles. The van der Waals surface area contributed by atoms with Crippen molar-refractivity contribution in [2.45, 2.75) is 72.4 Å². The Hall–Kier alpha value is -1.06. The highest BCUT2D eigenvalue weighted by molar-refractivity contribution is 5.81. The maximum absolute atomic E-state index is 12.0. The second-order valence-corrected chi connectivity index (χ2v) is 5.77. The molecule has 0 fully saturated rings. The quantitative estimate of drug-likeness (QED) is 0.687. The monoisotopic (exact) mass is 257 g/mol. The van der Waals surface area contributed by atoms with Gasteiger partial charge in [0, 0.05) is 19.0 Å². The van der Waals surface area contributed by atoms with Crippen LogP contribution in [0.2, 0.25) is 0 Å². The summed E-state index contributed by atoms with van der Waals surface area (Å²) in [5.74, 6) is -0.284. The van der Waals surface area contributed by atoms with Crippen LogP contribution in [0.3, 0.4) is 0 Å². The van der Waals surface area contributed by atoms with Crippen LogP contribution in [0.5, 0.6) is 0 Å². The lowest BCUT2D eigenvalue weighted by atomic mass is 10.2. The molecule has 0 aromatic heterocycles. The average Bonchev–Trinajstić information content (AvgIpc) is 2.19.